The van der Waals surface area contributed by atoms with Gasteiger partial charge in [0, 0.05) is 19.2 Å². The molecule has 2 N–H and O–H groups in total. The third-order valence-corrected chi connectivity index (χ3v) is 7.14. The molecule has 1 saturated carbocycles. The lowest BCUT2D eigenvalue weighted by Gasteiger charge is -2.27. The van der Waals surface area contributed by atoms with Crippen LogP contribution in [0.5, 0.6) is 5.75 Å². The molecular formula is C26H26F3N3O4S. The number of halogens is 3. The van der Waals surface area contributed by atoms with E-state index in [1.54, 1.807) is 20.2 Å². The summed E-state index contributed by atoms with van der Waals surface area (Å²) in [7, 11) is 3.30. The summed E-state index contributed by atoms with van der Waals surface area (Å²) in [5.74, 6) is -1.61. The summed E-state index contributed by atoms with van der Waals surface area (Å²) < 4.78 is 48.4. The fraction of sp³-hybridized carbons (Fsp3) is 0.308. The second kappa shape index (κ2) is 10.9. The molecule has 37 heavy (non-hydrogen) atoms. The van der Waals surface area contributed by atoms with Gasteiger partial charge < -0.3 is 20.1 Å². The lowest BCUT2D eigenvalue weighted by atomic mass is 10.1. The Bertz CT molecular complexity index is 1260. The normalized spacial score (nSPS) is 14.3. The van der Waals surface area contributed by atoms with Crippen LogP contribution >= 0.6 is 11.3 Å². The maximum atomic E-state index is 13.1. The molecule has 0 atom stereocenters. The van der Waals surface area contributed by atoms with E-state index in [9.17, 15) is 22.8 Å². The van der Waals surface area contributed by atoms with E-state index in [0.29, 0.717) is 31.7 Å². The lowest BCUT2D eigenvalue weighted by Crippen LogP contribution is -2.45. The second-order valence-corrected chi connectivity index (χ2v) is 9.56. The minimum Gasteiger partial charge on any atom is -0.404 e. The summed E-state index contributed by atoms with van der Waals surface area (Å²) >= 11 is 1.45. The van der Waals surface area contributed by atoms with Crippen molar-refractivity contribution in [3.63, 3.8) is 0 Å². The number of amides is 2. The average Bonchev–Trinajstić information content (AvgIpc) is 3.56. The van der Waals surface area contributed by atoms with Gasteiger partial charge >= 0.3 is 6.36 Å². The molecule has 2 amide bonds. The van der Waals surface area contributed by atoms with Gasteiger partial charge in [-0.3, -0.25) is 14.5 Å². The zero-order chi connectivity index (χ0) is 26.6. The van der Waals surface area contributed by atoms with Crippen LogP contribution in [0, 0.1) is 0 Å². The standard InChI is InChI=1S/C26H26F3N3O4S/c1-32(13-14-35-2)25(11-12-25)24(34)31-20-16-18(8-9-21(20)36-26(27,28)29)23(33)30-19-10-15-37-22(19)17-6-4-3-5-7-17/h3-10,15-16H,11-14H2,1-2H3,(H,30,33)(H,31,34). The number of anilines is 2. The van der Waals surface area contributed by atoms with E-state index < -0.39 is 29.5 Å². The molecule has 0 radical (unpaired) electrons. The molecule has 0 saturated heterocycles. The van der Waals surface area contributed by atoms with Crippen LogP contribution < -0.4 is 15.4 Å². The quantitative estimate of drug-likeness (QED) is 0.354. The van der Waals surface area contributed by atoms with Crippen molar-refractivity contribution in [3.8, 4) is 16.2 Å². The van der Waals surface area contributed by atoms with Crippen molar-refractivity contribution in [2.24, 2.45) is 0 Å². The van der Waals surface area contributed by atoms with Crippen LogP contribution in [0.3, 0.4) is 0 Å². The van der Waals surface area contributed by atoms with Gasteiger partial charge in [0.15, 0.2) is 5.75 Å². The molecule has 1 aliphatic rings. The molecule has 1 aromatic heterocycles. The highest BCUT2D eigenvalue weighted by atomic mass is 32.1. The number of likely N-dealkylation sites (N-methyl/N-ethyl adjacent to an activating group) is 1. The van der Waals surface area contributed by atoms with Gasteiger partial charge in [0.1, 0.15) is 5.54 Å². The highest BCUT2D eigenvalue weighted by molar-refractivity contribution is 7.14. The van der Waals surface area contributed by atoms with Crippen molar-refractivity contribution >= 4 is 34.5 Å². The van der Waals surface area contributed by atoms with Crippen molar-refractivity contribution in [2.75, 3.05) is 37.9 Å². The summed E-state index contributed by atoms with van der Waals surface area (Å²) in [5.41, 5.74) is 0.455. The number of carbonyl (C=O) groups excluding carboxylic acids is 2. The molecule has 0 unspecified atom stereocenters. The third kappa shape index (κ3) is 6.30. The molecule has 11 heteroatoms. The maximum absolute atomic E-state index is 13.1. The predicted molar refractivity (Wildman–Crippen MR) is 136 cm³/mol. The lowest BCUT2D eigenvalue weighted by molar-refractivity contribution is -0.274. The number of methoxy groups -OCH3 is 1. The molecular weight excluding hydrogens is 507 g/mol. The smallest absolute Gasteiger partial charge is 0.404 e. The molecule has 1 aliphatic carbocycles. The topological polar surface area (TPSA) is 79.9 Å². The molecule has 1 heterocycles. The summed E-state index contributed by atoms with van der Waals surface area (Å²) in [6.07, 6.45) is -3.87. The van der Waals surface area contributed by atoms with Gasteiger partial charge in [-0.1, -0.05) is 30.3 Å². The minimum atomic E-state index is -4.98. The maximum Gasteiger partial charge on any atom is 0.573 e. The molecule has 7 nitrogen and oxygen atoms in total. The number of hydrogen-bond donors (Lipinski definition) is 2. The van der Waals surface area contributed by atoms with Crippen LogP contribution in [0.25, 0.3) is 10.4 Å². The van der Waals surface area contributed by atoms with Crippen LogP contribution in [0.4, 0.5) is 24.5 Å². The van der Waals surface area contributed by atoms with E-state index in [2.05, 4.69) is 15.4 Å². The predicted octanol–water partition coefficient (Wildman–Crippen LogP) is 5.62. The van der Waals surface area contributed by atoms with Crippen molar-refractivity contribution in [1.29, 1.82) is 0 Å². The zero-order valence-electron chi connectivity index (χ0n) is 20.2. The first-order valence-corrected chi connectivity index (χ1v) is 12.4. The Kier molecular flexibility index (Phi) is 7.86. The Morgan fingerprint density at radius 3 is 2.43 bits per heavy atom. The van der Waals surface area contributed by atoms with Gasteiger partial charge in [-0.2, -0.15) is 0 Å². The van der Waals surface area contributed by atoms with Crippen molar-refractivity contribution in [2.45, 2.75) is 24.7 Å². The number of alkyl halides is 3. The Hall–Kier alpha value is -3.41. The fourth-order valence-corrected chi connectivity index (χ4v) is 4.84. The van der Waals surface area contributed by atoms with E-state index in [1.807, 2.05) is 40.6 Å². The van der Waals surface area contributed by atoms with E-state index in [4.69, 9.17) is 4.74 Å². The van der Waals surface area contributed by atoms with Gasteiger partial charge in [0.05, 0.1) is 22.9 Å². The number of nitrogens with one attached hydrogen (secondary N) is 2. The largest absolute Gasteiger partial charge is 0.573 e. The van der Waals surface area contributed by atoms with Crippen LogP contribution in [-0.4, -0.2) is 55.9 Å². The first-order chi connectivity index (χ1) is 17.6. The van der Waals surface area contributed by atoms with Crippen molar-refractivity contribution < 1.29 is 32.2 Å². The number of carbonyl (C=O) groups is 2. The number of ether oxygens (including phenoxy) is 2. The minimum absolute atomic E-state index is 0.0626. The van der Waals surface area contributed by atoms with Gasteiger partial charge in [-0.15, -0.1) is 24.5 Å². The van der Waals surface area contributed by atoms with Crippen LogP contribution in [0.15, 0.2) is 60.0 Å². The number of nitrogens with zero attached hydrogens (tertiary/aromatic N) is 1. The Morgan fingerprint density at radius 1 is 1.05 bits per heavy atom. The molecule has 4 rings (SSSR count). The van der Waals surface area contributed by atoms with Crippen molar-refractivity contribution in [3.05, 3.63) is 65.5 Å². The highest BCUT2D eigenvalue weighted by Gasteiger charge is 2.53. The fourth-order valence-electron chi connectivity index (χ4n) is 3.98. The second-order valence-electron chi connectivity index (χ2n) is 8.64. The number of benzene rings is 2. The van der Waals surface area contributed by atoms with Gasteiger partial charge in [0.25, 0.3) is 5.91 Å². The Morgan fingerprint density at radius 2 is 1.78 bits per heavy atom. The zero-order valence-corrected chi connectivity index (χ0v) is 21.0. The van der Waals surface area contributed by atoms with E-state index >= 15 is 0 Å². The van der Waals surface area contributed by atoms with E-state index in [-0.39, 0.29) is 11.3 Å². The summed E-state index contributed by atoms with van der Waals surface area (Å²) in [6, 6.07) is 14.7. The van der Waals surface area contributed by atoms with Crippen LogP contribution in [0.1, 0.15) is 23.2 Å². The van der Waals surface area contributed by atoms with Gasteiger partial charge in [-0.25, -0.2) is 0 Å². The van der Waals surface area contributed by atoms with Crippen molar-refractivity contribution in [1.82, 2.24) is 4.90 Å². The summed E-state index contributed by atoms with van der Waals surface area (Å²) in [4.78, 5) is 28.8. The molecule has 0 spiro atoms. The van der Waals surface area contributed by atoms with E-state index in [1.165, 1.54) is 23.5 Å². The molecule has 2 aromatic carbocycles. The molecule has 0 bridgehead atoms. The molecule has 1 fully saturated rings. The van der Waals surface area contributed by atoms with Crippen LogP contribution in [-0.2, 0) is 9.53 Å². The van der Waals surface area contributed by atoms with Gasteiger partial charge in [0.2, 0.25) is 5.91 Å². The van der Waals surface area contributed by atoms with E-state index in [0.717, 1.165) is 16.5 Å². The summed E-state index contributed by atoms with van der Waals surface area (Å²) in [6.45, 7) is 0.875. The Labute approximate surface area is 216 Å². The Balaban J connectivity index is 1.58. The first-order valence-electron chi connectivity index (χ1n) is 11.5. The monoisotopic (exact) mass is 533 g/mol. The molecule has 196 valence electrons. The third-order valence-electron chi connectivity index (χ3n) is 6.17. The highest BCUT2D eigenvalue weighted by Crippen LogP contribution is 2.43. The average molecular weight is 534 g/mol. The first kappa shape index (κ1) is 26.6. The number of hydrogen-bond acceptors (Lipinski definition) is 6. The summed E-state index contributed by atoms with van der Waals surface area (Å²) in [5, 5.41) is 7.20. The number of rotatable bonds is 10. The number of thiophene rings is 1. The van der Waals surface area contributed by atoms with Gasteiger partial charge in [-0.05, 0) is 55.1 Å². The molecule has 0 aliphatic heterocycles. The van der Waals surface area contributed by atoms with Crippen LogP contribution in [0.2, 0.25) is 0 Å². The molecule has 3 aromatic rings. The SMILES string of the molecule is COCCN(C)C1(C(=O)Nc2cc(C(=O)Nc3ccsc3-c3ccccc3)ccc2OC(F)(F)F)CC1.